The summed E-state index contributed by atoms with van der Waals surface area (Å²) >= 11 is 1.47. The van der Waals surface area contributed by atoms with Gasteiger partial charge in [0.15, 0.2) is 11.4 Å². The Labute approximate surface area is 159 Å². The van der Waals surface area contributed by atoms with Crippen molar-refractivity contribution >= 4 is 28.2 Å². The van der Waals surface area contributed by atoms with Gasteiger partial charge in [0.1, 0.15) is 0 Å². The first kappa shape index (κ1) is 17.4. The van der Waals surface area contributed by atoms with E-state index < -0.39 is 0 Å². The molecule has 0 aliphatic rings. The number of aromatic nitrogens is 2. The molecule has 0 amide bonds. The average molecular weight is 378 g/mol. The highest BCUT2D eigenvalue weighted by atomic mass is 32.1. The van der Waals surface area contributed by atoms with Crippen LogP contribution in [-0.4, -0.2) is 15.3 Å². The number of benzene rings is 1. The first-order valence-corrected chi connectivity index (χ1v) is 9.39. The summed E-state index contributed by atoms with van der Waals surface area (Å²) < 4.78 is 6.73. The summed E-state index contributed by atoms with van der Waals surface area (Å²) in [6.07, 6.45) is 3.85. The van der Waals surface area contributed by atoms with E-state index in [-0.39, 0.29) is 11.5 Å². The van der Waals surface area contributed by atoms with Crippen LogP contribution in [0.2, 0.25) is 0 Å². The minimum atomic E-state index is -0.378. The van der Waals surface area contributed by atoms with Gasteiger partial charge >= 0.3 is 5.76 Å². The molecule has 3 aromatic heterocycles. The second-order valence-corrected chi connectivity index (χ2v) is 7.71. The summed E-state index contributed by atoms with van der Waals surface area (Å²) in [6.45, 7) is 3.94. The van der Waals surface area contributed by atoms with Crippen molar-refractivity contribution in [1.82, 2.24) is 9.55 Å². The van der Waals surface area contributed by atoms with Gasteiger partial charge in [-0.15, -0.1) is 11.3 Å². The topological polar surface area (TPSA) is 65.1 Å². The Hall–Kier alpha value is -2.99. The van der Waals surface area contributed by atoms with Gasteiger partial charge in [-0.2, -0.15) is 0 Å². The van der Waals surface area contributed by atoms with Crippen LogP contribution in [-0.2, 0) is 13.5 Å². The highest BCUT2D eigenvalue weighted by Gasteiger charge is 2.15. The molecule has 3 heterocycles. The Morgan fingerprint density at radius 1 is 1.19 bits per heavy atom. The Bertz CT molecular complexity index is 1230. The molecule has 0 N–H and O–H groups in total. The van der Waals surface area contributed by atoms with Crippen LogP contribution < -0.4 is 5.76 Å². The molecule has 0 bridgehead atoms. The number of thiophene rings is 1. The van der Waals surface area contributed by atoms with Crippen molar-refractivity contribution in [1.29, 1.82) is 0 Å². The van der Waals surface area contributed by atoms with Crippen molar-refractivity contribution in [2.24, 2.45) is 7.05 Å². The fourth-order valence-electron chi connectivity index (χ4n) is 3.13. The van der Waals surface area contributed by atoms with Gasteiger partial charge in [-0.25, -0.2) is 4.79 Å². The van der Waals surface area contributed by atoms with Crippen molar-refractivity contribution in [2.45, 2.75) is 20.3 Å². The third-order valence-corrected chi connectivity index (χ3v) is 5.93. The van der Waals surface area contributed by atoms with Crippen LogP contribution in [0.5, 0.6) is 0 Å². The molecular formula is C21H18N2O3S. The van der Waals surface area contributed by atoms with Crippen LogP contribution in [0, 0.1) is 13.8 Å². The molecule has 0 atom stereocenters. The molecule has 136 valence electrons. The van der Waals surface area contributed by atoms with Gasteiger partial charge in [-0.3, -0.25) is 14.3 Å². The van der Waals surface area contributed by atoms with Crippen LogP contribution >= 0.6 is 11.3 Å². The monoisotopic (exact) mass is 378 g/mol. The summed E-state index contributed by atoms with van der Waals surface area (Å²) in [4.78, 5) is 30.2. The average Bonchev–Trinajstić information content (AvgIpc) is 3.22. The number of ketones is 1. The van der Waals surface area contributed by atoms with Gasteiger partial charge in [-0.1, -0.05) is 0 Å². The van der Waals surface area contributed by atoms with Crippen LogP contribution in [0.1, 0.15) is 26.4 Å². The smallest absolute Gasteiger partial charge is 0.408 e. The second-order valence-electron chi connectivity index (χ2n) is 6.63. The van der Waals surface area contributed by atoms with E-state index in [1.165, 1.54) is 15.9 Å². The summed E-state index contributed by atoms with van der Waals surface area (Å²) in [5, 5.41) is 0. The molecule has 1 aromatic carbocycles. The number of hydrogen-bond acceptors (Lipinski definition) is 5. The number of pyridine rings is 1. The first-order chi connectivity index (χ1) is 12.9. The first-order valence-electron chi connectivity index (χ1n) is 8.57. The molecule has 5 nitrogen and oxygen atoms in total. The molecule has 0 unspecified atom stereocenters. The Morgan fingerprint density at radius 2 is 2.00 bits per heavy atom. The predicted molar refractivity (Wildman–Crippen MR) is 107 cm³/mol. The molecule has 0 spiro atoms. The number of oxazole rings is 1. The summed E-state index contributed by atoms with van der Waals surface area (Å²) in [5.74, 6) is -0.286. The lowest BCUT2D eigenvalue weighted by Gasteiger charge is -2.04. The molecule has 4 aromatic rings. The molecule has 0 saturated carbocycles. The molecule has 0 fully saturated rings. The van der Waals surface area contributed by atoms with E-state index in [0.717, 1.165) is 37.5 Å². The molecular weight excluding hydrogens is 360 g/mol. The number of Topliss-reactive ketones (excluding diaryl/α,β-unsaturated/α-hetero) is 1. The van der Waals surface area contributed by atoms with Crippen molar-refractivity contribution in [3.05, 3.63) is 74.8 Å². The fourth-order valence-corrected chi connectivity index (χ4v) is 4.16. The van der Waals surface area contributed by atoms with Crippen LogP contribution in [0.4, 0.5) is 0 Å². The van der Waals surface area contributed by atoms with Crippen LogP contribution in [0.15, 0.2) is 51.9 Å². The van der Waals surface area contributed by atoms with Gasteiger partial charge in [0, 0.05) is 30.7 Å². The van der Waals surface area contributed by atoms with E-state index in [2.05, 4.69) is 4.98 Å². The zero-order valence-corrected chi connectivity index (χ0v) is 16.1. The van der Waals surface area contributed by atoms with Crippen molar-refractivity contribution in [3.63, 3.8) is 0 Å². The number of hydrogen-bond donors (Lipinski definition) is 0. The molecule has 0 aliphatic heterocycles. The highest BCUT2D eigenvalue weighted by molar-refractivity contribution is 7.17. The van der Waals surface area contributed by atoms with Crippen molar-refractivity contribution < 1.29 is 9.21 Å². The third kappa shape index (κ3) is 3.13. The van der Waals surface area contributed by atoms with Gasteiger partial charge in [0.25, 0.3) is 0 Å². The maximum absolute atomic E-state index is 12.7. The zero-order valence-electron chi connectivity index (χ0n) is 15.3. The summed E-state index contributed by atoms with van der Waals surface area (Å²) in [7, 11) is 1.69. The fraction of sp³-hybridized carbons (Fsp3) is 0.190. The minimum Gasteiger partial charge on any atom is -0.408 e. The number of carbonyl (C=O) groups excluding carboxylic acids is 1. The van der Waals surface area contributed by atoms with E-state index >= 15 is 0 Å². The second kappa shape index (κ2) is 6.63. The number of carbonyl (C=O) groups is 1. The predicted octanol–water partition coefficient (Wildman–Crippen LogP) is 4.30. The summed E-state index contributed by atoms with van der Waals surface area (Å²) in [5.41, 5.74) is 5.34. The Morgan fingerprint density at radius 3 is 2.78 bits per heavy atom. The highest BCUT2D eigenvalue weighted by Crippen LogP contribution is 2.33. The maximum Gasteiger partial charge on any atom is 0.419 e. The largest absolute Gasteiger partial charge is 0.419 e. The maximum atomic E-state index is 12.7. The van der Waals surface area contributed by atoms with E-state index in [0.29, 0.717) is 12.0 Å². The molecule has 4 rings (SSSR count). The lowest BCUT2D eigenvalue weighted by Crippen LogP contribution is -2.08. The standard InChI is InChI=1S/C21H18N2O3S/c1-12-8-18-16(23(3)21(25)26-18)10-15(12)19-4-5-20(27-19)17(24)9-14-6-7-22-11-13(14)2/h4-8,10-11H,9H2,1-3H3. The van der Waals surface area contributed by atoms with Gasteiger partial charge in [0.05, 0.1) is 10.4 Å². The minimum absolute atomic E-state index is 0.0926. The van der Waals surface area contributed by atoms with Gasteiger partial charge in [0.2, 0.25) is 0 Å². The van der Waals surface area contributed by atoms with Crippen LogP contribution in [0.25, 0.3) is 21.5 Å². The van der Waals surface area contributed by atoms with E-state index in [9.17, 15) is 9.59 Å². The number of aryl methyl sites for hydroxylation is 3. The van der Waals surface area contributed by atoms with Crippen LogP contribution in [0.3, 0.4) is 0 Å². The number of nitrogens with zero attached hydrogens (tertiary/aromatic N) is 2. The number of fused-ring (bicyclic) bond motifs is 1. The van der Waals surface area contributed by atoms with E-state index in [4.69, 9.17) is 4.42 Å². The zero-order chi connectivity index (χ0) is 19.1. The molecule has 0 saturated heterocycles. The lowest BCUT2D eigenvalue weighted by atomic mass is 10.0. The number of rotatable bonds is 4. The molecule has 6 heteroatoms. The van der Waals surface area contributed by atoms with Gasteiger partial charge < -0.3 is 4.42 Å². The normalized spacial score (nSPS) is 11.2. The molecule has 0 aliphatic carbocycles. The Balaban J connectivity index is 1.68. The molecule has 0 radical (unpaired) electrons. The van der Waals surface area contributed by atoms with Crippen molar-refractivity contribution in [2.75, 3.05) is 0 Å². The van der Waals surface area contributed by atoms with Crippen molar-refractivity contribution in [3.8, 4) is 10.4 Å². The van der Waals surface area contributed by atoms with Gasteiger partial charge in [-0.05, 0) is 66.4 Å². The lowest BCUT2D eigenvalue weighted by molar-refractivity contribution is 0.0996. The summed E-state index contributed by atoms with van der Waals surface area (Å²) in [6, 6.07) is 9.54. The van der Waals surface area contributed by atoms with E-state index in [1.54, 1.807) is 19.4 Å². The molecule has 27 heavy (non-hydrogen) atoms. The van der Waals surface area contributed by atoms with E-state index in [1.807, 2.05) is 44.2 Å². The third-order valence-electron chi connectivity index (χ3n) is 4.77. The quantitative estimate of drug-likeness (QED) is 0.497. The SMILES string of the molecule is Cc1cnccc1CC(=O)c1ccc(-c2cc3c(cc2C)oc(=O)n3C)s1. The Kier molecular flexibility index (Phi) is 4.28.